The second kappa shape index (κ2) is 5.02. The van der Waals surface area contributed by atoms with Gasteiger partial charge in [-0.2, -0.15) is 0 Å². The summed E-state index contributed by atoms with van der Waals surface area (Å²) in [5, 5.41) is 17.3. The first-order valence-corrected chi connectivity index (χ1v) is 7.15. The Morgan fingerprint density at radius 2 is 1.94 bits per heavy atom. The standard InChI is InChI=1S/C14H22N2O2/c17-10-14(7-3-4-8-14)15-9-12-11-5-1-2-6-13(11)18-16-12/h15,17H,1-10H2. The minimum atomic E-state index is -0.0689. The smallest absolute Gasteiger partial charge is 0.140 e. The van der Waals surface area contributed by atoms with Crippen LogP contribution in [0.2, 0.25) is 0 Å². The Kier molecular flexibility index (Phi) is 3.39. The van der Waals surface area contributed by atoms with Crippen LogP contribution in [0.4, 0.5) is 0 Å². The van der Waals surface area contributed by atoms with Gasteiger partial charge >= 0.3 is 0 Å². The number of aliphatic hydroxyl groups is 1. The van der Waals surface area contributed by atoms with Gasteiger partial charge in [-0.05, 0) is 32.1 Å². The summed E-state index contributed by atoms with van der Waals surface area (Å²) in [5.74, 6) is 1.09. The van der Waals surface area contributed by atoms with Crippen LogP contribution < -0.4 is 5.32 Å². The maximum Gasteiger partial charge on any atom is 0.140 e. The van der Waals surface area contributed by atoms with Gasteiger partial charge in [0.05, 0.1) is 6.61 Å². The van der Waals surface area contributed by atoms with Crippen LogP contribution in [-0.2, 0) is 19.4 Å². The normalized spacial score (nSPS) is 22.1. The summed E-state index contributed by atoms with van der Waals surface area (Å²) >= 11 is 0. The van der Waals surface area contributed by atoms with Crippen molar-refractivity contribution < 1.29 is 9.63 Å². The molecule has 0 aromatic carbocycles. The Bertz CT molecular complexity index is 408. The van der Waals surface area contributed by atoms with E-state index in [-0.39, 0.29) is 12.1 Å². The monoisotopic (exact) mass is 250 g/mol. The van der Waals surface area contributed by atoms with Gasteiger partial charge in [0, 0.05) is 24.1 Å². The number of aliphatic hydroxyl groups excluding tert-OH is 1. The largest absolute Gasteiger partial charge is 0.394 e. The van der Waals surface area contributed by atoms with Gasteiger partial charge in [-0.1, -0.05) is 18.0 Å². The molecule has 0 spiro atoms. The van der Waals surface area contributed by atoms with Crippen LogP contribution in [0.25, 0.3) is 0 Å². The molecule has 0 amide bonds. The summed E-state index contributed by atoms with van der Waals surface area (Å²) in [5.41, 5.74) is 2.31. The molecule has 1 aromatic heterocycles. The molecule has 3 rings (SSSR count). The lowest BCUT2D eigenvalue weighted by Gasteiger charge is -2.27. The van der Waals surface area contributed by atoms with Crippen LogP contribution >= 0.6 is 0 Å². The molecule has 0 radical (unpaired) electrons. The second-order valence-electron chi connectivity index (χ2n) is 5.74. The number of rotatable bonds is 4. The average molecular weight is 250 g/mol. The van der Waals surface area contributed by atoms with E-state index in [1.165, 1.54) is 31.2 Å². The van der Waals surface area contributed by atoms with E-state index in [1.54, 1.807) is 0 Å². The maximum absolute atomic E-state index is 9.58. The molecule has 0 bridgehead atoms. The molecule has 18 heavy (non-hydrogen) atoms. The molecule has 1 heterocycles. The summed E-state index contributed by atoms with van der Waals surface area (Å²) < 4.78 is 5.42. The second-order valence-corrected chi connectivity index (χ2v) is 5.74. The summed E-state index contributed by atoms with van der Waals surface area (Å²) in [7, 11) is 0. The average Bonchev–Trinajstić information content (AvgIpc) is 3.04. The predicted octanol–water partition coefficient (Wildman–Crippen LogP) is 1.95. The molecule has 4 nitrogen and oxygen atoms in total. The van der Waals surface area contributed by atoms with Gasteiger partial charge in [0.25, 0.3) is 0 Å². The highest BCUT2D eigenvalue weighted by atomic mass is 16.5. The summed E-state index contributed by atoms with van der Waals surface area (Å²) in [6.45, 7) is 0.965. The molecule has 1 aromatic rings. The number of nitrogens with zero attached hydrogens (tertiary/aromatic N) is 1. The van der Waals surface area contributed by atoms with Crippen LogP contribution in [0.3, 0.4) is 0 Å². The van der Waals surface area contributed by atoms with E-state index in [2.05, 4.69) is 10.5 Å². The molecule has 4 heteroatoms. The Morgan fingerprint density at radius 1 is 1.17 bits per heavy atom. The number of aryl methyl sites for hydroxylation is 1. The molecule has 100 valence electrons. The zero-order chi connectivity index (χ0) is 12.4. The van der Waals surface area contributed by atoms with Crippen molar-refractivity contribution >= 4 is 0 Å². The van der Waals surface area contributed by atoms with Crippen molar-refractivity contribution in [1.29, 1.82) is 0 Å². The summed E-state index contributed by atoms with van der Waals surface area (Å²) in [4.78, 5) is 0. The van der Waals surface area contributed by atoms with Crippen molar-refractivity contribution in [2.75, 3.05) is 6.61 Å². The molecule has 2 aliphatic carbocycles. The fourth-order valence-corrected chi connectivity index (χ4v) is 3.30. The molecule has 0 unspecified atom stereocenters. The SMILES string of the molecule is OCC1(NCc2noc3c2CCCC3)CCCC1. The van der Waals surface area contributed by atoms with Crippen LogP contribution in [0.15, 0.2) is 4.52 Å². The van der Waals surface area contributed by atoms with Crippen molar-refractivity contribution in [2.24, 2.45) is 0 Å². The molecule has 1 saturated carbocycles. The Morgan fingerprint density at radius 3 is 2.72 bits per heavy atom. The number of nitrogens with one attached hydrogen (secondary N) is 1. The quantitative estimate of drug-likeness (QED) is 0.857. The summed E-state index contributed by atoms with van der Waals surface area (Å²) in [6.07, 6.45) is 9.17. The summed E-state index contributed by atoms with van der Waals surface area (Å²) in [6, 6.07) is 0. The Balaban J connectivity index is 1.67. The van der Waals surface area contributed by atoms with Gasteiger partial charge in [0.2, 0.25) is 0 Å². The lowest BCUT2D eigenvalue weighted by molar-refractivity contribution is 0.162. The van der Waals surface area contributed by atoms with E-state index >= 15 is 0 Å². The molecular formula is C14H22N2O2. The van der Waals surface area contributed by atoms with Gasteiger partial charge in [-0.15, -0.1) is 0 Å². The van der Waals surface area contributed by atoms with Crippen molar-refractivity contribution in [2.45, 2.75) is 63.5 Å². The van der Waals surface area contributed by atoms with E-state index in [9.17, 15) is 5.11 Å². The number of hydrogen-bond donors (Lipinski definition) is 2. The van der Waals surface area contributed by atoms with Crippen molar-refractivity contribution in [3.63, 3.8) is 0 Å². The molecule has 2 N–H and O–H groups in total. The fraction of sp³-hybridized carbons (Fsp3) is 0.786. The molecule has 1 fully saturated rings. The zero-order valence-corrected chi connectivity index (χ0v) is 10.9. The zero-order valence-electron chi connectivity index (χ0n) is 10.9. The maximum atomic E-state index is 9.58. The molecule has 2 aliphatic rings. The highest BCUT2D eigenvalue weighted by Gasteiger charge is 2.33. The highest BCUT2D eigenvalue weighted by molar-refractivity contribution is 5.25. The number of aromatic nitrogens is 1. The van der Waals surface area contributed by atoms with Crippen LogP contribution in [0.5, 0.6) is 0 Å². The molecule has 0 atom stereocenters. The number of hydrogen-bond acceptors (Lipinski definition) is 4. The van der Waals surface area contributed by atoms with E-state index in [1.807, 2.05) is 0 Å². The third kappa shape index (κ3) is 2.19. The lowest BCUT2D eigenvalue weighted by atomic mass is 9.95. The van der Waals surface area contributed by atoms with Crippen molar-refractivity contribution in [1.82, 2.24) is 10.5 Å². The topological polar surface area (TPSA) is 58.3 Å². The van der Waals surface area contributed by atoms with Gasteiger partial charge in [0.1, 0.15) is 11.5 Å². The third-order valence-corrected chi connectivity index (χ3v) is 4.53. The van der Waals surface area contributed by atoms with E-state index in [0.29, 0.717) is 0 Å². The van der Waals surface area contributed by atoms with Crippen molar-refractivity contribution in [3.8, 4) is 0 Å². The van der Waals surface area contributed by atoms with Crippen LogP contribution in [-0.4, -0.2) is 22.4 Å². The highest BCUT2D eigenvalue weighted by Crippen LogP contribution is 2.30. The van der Waals surface area contributed by atoms with Gasteiger partial charge in [-0.25, -0.2) is 0 Å². The number of fused-ring (bicyclic) bond motifs is 1. The van der Waals surface area contributed by atoms with Gasteiger partial charge in [-0.3, -0.25) is 0 Å². The van der Waals surface area contributed by atoms with Crippen LogP contribution in [0, 0.1) is 0 Å². The Labute approximate surface area is 108 Å². The van der Waals surface area contributed by atoms with E-state index in [0.717, 1.165) is 43.7 Å². The first-order chi connectivity index (χ1) is 8.83. The first-order valence-electron chi connectivity index (χ1n) is 7.15. The predicted molar refractivity (Wildman–Crippen MR) is 68.3 cm³/mol. The van der Waals surface area contributed by atoms with Crippen molar-refractivity contribution in [3.05, 3.63) is 17.0 Å². The van der Waals surface area contributed by atoms with Gasteiger partial charge in [0.15, 0.2) is 0 Å². The molecule has 0 saturated heterocycles. The lowest BCUT2D eigenvalue weighted by Crippen LogP contribution is -2.45. The minimum Gasteiger partial charge on any atom is -0.394 e. The Hall–Kier alpha value is -0.870. The third-order valence-electron chi connectivity index (χ3n) is 4.53. The minimum absolute atomic E-state index is 0.0689. The van der Waals surface area contributed by atoms with E-state index in [4.69, 9.17) is 4.52 Å². The van der Waals surface area contributed by atoms with Crippen LogP contribution in [0.1, 0.15) is 55.5 Å². The fourth-order valence-electron chi connectivity index (χ4n) is 3.30. The van der Waals surface area contributed by atoms with Gasteiger partial charge < -0.3 is 14.9 Å². The van der Waals surface area contributed by atoms with E-state index < -0.39 is 0 Å². The molecular weight excluding hydrogens is 228 g/mol. The molecule has 0 aliphatic heterocycles. The first kappa shape index (κ1) is 12.2.